The maximum Gasteiger partial charge on any atom is 0.242 e. The monoisotopic (exact) mass is 340 g/mol. The number of carbonyl (C=O) groups is 2. The van der Waals surface area contributed by atoms with Crippen molar-refractivity contribution in [1.82, 2.24) is 10.2 Å². The Morgan fingerprint density at radius 3 is 2.52 bits per heavy atom. The lowest BCUT2D eigenvalue weighted by molar-refractivity contribution is -0.140. The smallest absolute Gasteiger partial charge is 0.242 e. The van der Waals surface area contributed by atoms with Gasteiger partial charge in [-0.2, -0.15) is 0 Å². The van der Waals surface area contributed by atoms with Crippen molar-refractivity contribution in [2.45, 2.75) is 39.3 Å². The van der Waals surface area contributed by atoms with Gasteiger partial charge in [0, 0.05) is 31.6 Å². The van der Waals surface area contributed by atoms with E-state index in [-0.39, 0.29) is 11.8 Å². The van der Waals surface area contributed by atoms with Gasteiger partial charge < -0.3 is 15.0 Å². The maximum atomic E-state index is 12.4. The van der Waals surface area contributed by atoms with Crippen LogP contribution in [0.2, 0.25) is 5.02 Å². The van der Waals surface area contributed by atoms with E-state index in [0.29, 0.717) is 31.1 Å². The van der Waals surface area contributed by atoms with Gasteiger partial charge in [0.1, 0.15) is 6.04 Å². The van der Waals surface area contributed by atoms with Gasteiger partial charge in [-0.25, -0.2) is 0 Å². The van der Waals surface area contributed by atoms with E-state index >= 15 is 0 Å². The molecule has 5 nitrogen and oxygen atoms in total. The highest BCUT2D eigenvalue weighted by molar-refractivity contribution is 6.30. The first-order valence-corrected chi connectivity index (χ1v) is 8.18. The number of hydrogen-bond acceptors (Lipinski definition) is 3. The summed E-state index contributed by atoms with van der Waals surface area (Å²) in [7, 11) is 1.58. The number of rotatable bonds is 9. The zero-order valence-electron chi connectivity index (χ0n) is 14.0. The van der Waals surface area contributed by atoms with Crippen molar-refractivity contribution >= 4 is 23.4 Å². The van der Waals surface area contributed by atoms with Gasteiger partial charge >= 0.3 is 0 Å². The van der Waals surface area contributed by atoms with Crippen molar-refractivity contribution in [2.75, 3.05) is 20.3 Å². The standard InChI is InChI=1S/C17H25ClN2O3/c1-4-5-16(21)20(12-14-6-8-15(18)9-7-14)13(2)17(22)19-10-11-23-3/h6-9,13H,4-5,10-12H2,1-3H3,(H,19,22). The molecule has 1 unspecified atom stereocenters. The molecule has 0 fully saturated rings. The summed E-state index contributed by atoms with van der Waals surface area (Å²) >= 11 is 5.89. The highest BCUT2D eigenvalue weighted by Gasteiger charge is 2.25. The molecule has 6 heteroatoms. The van der Waals surface area contributed by atoms with Crippen LogP contribution < -0.4 is 5.32 Å². The number of hydrogen-bond donors (Lipinski definition) is 1. The molecule has 1 aromatic rings. The molecular weight excluding hydrogens is 316 g/mol. The molecule has 0 saturated heterocycles. The number of nitrogens with one attached hydrogen (secondary N) is 1. The lowest BCUT2D eigenvalue weighted by Gasteiger charge is -2.28. The zero-order valence-corrected chi connectivity index (χ0v) is 14.7. The van der Waals surface area contributed by atoms with Crippen LogP contribution in [0.25, 0.3) is 0 Å². The van der Waals surface area contributed by atoms with Crippen LogP contribution in [0.1, 0.15) is 32.3 Å². The summed E-state index contributed by atoms with van der Waals surface area (Å²) in [5, 5.41) is 3.42. The fraction of sp³-hybridized carbons (Fsp3) is 0.529. The normalized spacial score (nSPS) is 11.8. The molecule has 0 saturated carbocycles. The Balaban J connectivity index is 2.80. The largest absolute Gasteiger partial charge is 0.383 e. The maximum absolute atomic E-state index is 12.4. The lowest BCUT2D eigenvalue weighted by Crippen LogP contribution is -2.48. The van der Waals surface area contributed by atoms with Gasteiger partial charge in [-0.15, -0.1) is 0 Å². The second-order valence-corrected chi connectivity index (χ2v) is 5.79. The fourth-order valence-electron chi connectivity index (χ4n) is 2.15. The van der Waals surface area contributed by atoms with E-state index in [1.54, 1.807) is 31.1 Å². The van der Waals surface area contributed by atoms with Gasteiger partial charge in [-0.1, -0.05) is 30.7 Å². The highest BCUT2D eigenvalue weighted by Crippen LogP contribution is 2.14. The quantitative estimate of drug-likeness (QED) is 0.703. The molecule has 1 N–H and O–H groups in total. The summed E-state index contributed by atoms with van der Waals surface area (Å²) in [5.74, 6) is -0.211. The van der Waals surface area contributed by atoms with Gasteiger partial charge in [-0.3, -0.25) is 9.59 Å². The average Bonchev–Trinajstić information content (AvgIpc) is 2.54. The molecule has 2 amide bonds. The van der Waals surface area contributed by atoms with E-state index in [2.05, 4.69) is 5.32 Å². The molecule has 128 valence electrons. The molecule has 0 spiro atoms. The number of carbonyl (C=O) groups excluding carboxylic acids is 2. The second-order valence-electron chi connectivity index (χ2n) is 5.36. The summed E-state index contributed by atoms with van der Waals surface area (Å²) in [6.07, 6.45) is 1.16. The Labute approximate surface area is 142 Å². The number of ether oxygens (including phenoxy) is 1. The Bertz CT molecular complexity index is 505. The van der Waals surface area contributed by atoms with Crippen molar-refractivity contribution in [1.29, 1.82) is 0 Å². The van der Waals surface area contributed by atoms with Crippen LogP contribution in [-0.4, -0.2) is 43.0 Å². The third-order valence-electron chi connectivity index (χ3n) is 3.50. The molecule has 0 radical (unpaired) electrons. The summed E-state index contributed by atoms with van der Waals surface area (Å²) < 4.78 is 4.92. The van der Waals surface area contributed by atoms with Crippen LogP contribution in [-0.2, 0) is 20.9 Å². The first-order valence-electron chi connectivity index (χ1n) is 7.80. The number of amides is 2. The average molecular weight is 341 g/mol. The van der Waals surface area contributed by atoms with E-state index in [1.165, 1.54) is 0 Å². The van der Waals surface area contributed by atoms with Crippen LogP contribution in [0.15, 0.2) is 24.3 Å². The topological polar surface area (TPSA) is 58.6 Å². The molecule has 1 aromatic carbocycles. The van der Waals surface area contributed by atoms with Crippen molar-refractivity contribution in [3.63, 3.8) is 0 Å². The predicted octanol–water partition coefficient (Wildman–Crippen LogP) is 2.62. The van der Waals surface area contributed by atoms with Crippen LogP contribution in [0.5, 0.6) is 0 Å². The summed E-state index contributed by atoms with van der Waals surface area (Å²) in [6.45, 7) is 4.94. The number of nitrogens with zero attached hydrogens (tertiary/aromatic N) is 1. The van der Waals surface area contributed by atoms with Gasteiger partial charge in [0.05, 0.1) is 6.61 Å². The third kappa shape index (κ3) is 6.59. The molecule has 0 aromatic heterocycles. The molecule has 0 aliphatic rings. The molecule has 1 atom stereocenters. The molecule has 0 bridgehead atoms. The Morgan fingerprint density at radius 2 is 1.96 bits per heavy atom. The van der Waals surface area contributed by atoms with E-state index < -0.39 is 6.04 Å². The lowest BCUT2D eigenvalue weighted by atomic mass is 10.1. The third-order valence-corrected chi connectivity index (χ3v) is 3.75. The van der Waals surface area contributed by atoms with E-state index in [0.717, 1.165) is 12.0 Å². The molecule has 1 rings (SSSR count). The minimum Gasteiger partial charge on any atom is -0.383 e. The fourth-order valence-corrected chi connectivity index (χ4v) is 2.28. The minimum atomic E-state index is -0.540. The van der Waals surface area contributed by atoms with E-state index in [1.807, 2.05) is 19.1 Å². The molecule has 0 heterocycles. The van der Waals surface area contributed by atoms with Gasteiger partial charge in [0.15, 0.2) is 0 Å². The molecule has 23 heavy (non-hydrogen) atoms. The summed E-state index contributed by atoms with van der Waals surface area (Å²) in [6, 6.07) is 6.75. The zero-order chi connectivity index (χ0) is 17.2. The second kappa shape index (κ2) is 10.2. The van der Waals surface area contributed by atoms with Crippen LogP contribution >= 0.6 is 11.6 Å². The predicted molar refractivity (Wildman–Crippen MR) is 91.3 cm³/mol. The Hall–Kier alpha value is -1.59. The van der Waals surface area contributed by atoms with Crippen molar-refractivity contribution in [3.05, 3.63) is 34.9 Å². The van der Waals surface area contributed by atoms with Crippen LogP contribution in [0.4, 0.5) is 0 Å². The molecular formula is C17H25ClN2O3. The highest BCUT2D eigenvalue weighted by atomic mass is 35.5. The van der Waals surface area contributed by atoms with Crippen molar-refractivity contribution in [2.24, 2.45) is 0 Å². The SMILES string of the molecule is CCCC(=O)N(Cc1ccc(Cl)cc1)C(C)C(=O)NCCOC. The van der Waals surface area contributed by atoms with Gasteiger partial charge in [-0.05, 0) is 31.0 Å². The van der Waals surface area contributed by atoms with Gasteiger partial charge in [0.25, 0.3) is 0 Å². The number of benzene rings is 1. The first kappa shape index (κ1) is 19.5. The van der Waals surface area contributed by atoms with E-state index in [4.69, 9.17) is 16.3 Å². The van der Waals surface area contributed by atoms with Gasteiger partial charge in [0.2, 0.25) is 11.8 Å². The summed E-state index contributed by atoms with van der Waals surface area (Å²) in [4.78, 5) is 26.2. The Kier molecular flexibility index (Phi) is 8.66. The van der Waals surface area contributed by atoms with E-state index in [9.17, 15) is 9.59 Å². The number of halogens is 1. The van der Waals surface area contributed by atoms with Crippen LogP contribution in [0.3, 0.4) is 0 Å². The molecule has 0 aliphatic carbocycles. The number of methoxy groups -OCH3 is 1. The summed E-state index contributed by atoms with van der Waals surface area (Å²) in [5.41, 5.74) is 0.940. The Morgan fingerprint density at radius 1 is 1.30 bits per heavy atom. The van der Waals surface area contributed by atoms with Crippen molar-refractivity contribution < 1.29 is 14.3 Å². The van der Waals surface area contributed by atoms with Crippen molar-refractivity contribution in [3.8, 4) is 0 Å². The van der Waals surface area contributed by atoms with Crippen LogP contribution in [0, 0.1) is 0 Å². The first-order chi connectivity index (χ1) is 11.0. The minimum absolute atomic E-state index is 0.0307. The molecule has 0 aliphatic heterocycles.